The first-order chi connectivity index (χ1) is 13.4. The molecule has 6 nitrogen and oxygen atoms in total. The number of fused-ring (bicyclic) bond motifs is 1. The lowest BCUT2D eigenvalue weighted by atomic mass is 10.1. The first-order valence-electron chi connectivity index (χ1n) is 9.41. The summed E-state index contributed by atoms with van der Waals surface area (Å²) in [6.45, 7) is 2.65. The van der Waals surface area contributed by atoms with Crippen molar-refractivity contribution in [3.8, 4) is 0 Å². The summed E-state index contributed by atoms with van der Waals surface area (Å²) in [5.74, 6) is -0.0820. The number of ketones is 1. The maximum atomic E-state index is 13.4. The zero-order chi connectivity index (χ0) is 19.9. The molecule has 1 atom stereocenters. The molecule has 0 aliphatic carbocycles. The van der Waals surface area contributed by atoms with Crippen LogP contribution in [-0.2, 0) is 21.2 Å². The largest absolute Gasteiger partial charge is 0.338 e. The molecule has 28 heavy (non-hydrogen) atoms. The van der Waals surface area contributed by atoms with Crippen LogP contribution in [0.4, 0.5) is 5.69 Å². The molecule has 0 N–H and O–H groups in total. The number of sulfonamides is 1. The fourth-order valence-electron chi connectivity index (χ4n) is 3.95. The Morgan fingerprint density at radius 3 is 2.50 bits per heavy atom. The van der Waals surface area contributed by atoms with E-state index in [4.69, 9.17) is 0 Å². The van der Waals surface area contributed by atoms with E-state index in [1.807, 2.05) is 31.2 Å². The quantitative estimate of drug-likeness (QED) is 0.797. The summed E-state index contributed by atoms with van der Waals surface area (Å²) in [5, 5.41) is 0. The van der Waals surface area contributed by atoms with Crippen LogP contribution in [0.15, 0.2) is 53.4 Å². The maximum absolute atomic E-state index is 13.4. The Morgan fingerprint density at radius 1 is 1.04 bits per heavy atom. The fraction of sp³-hybridized carbons (Fsp3) is 0.333. The van der Waals surface area contributed by atoms with E-state index in [1.54, 1.807) is 17.0 Å². The first kappa shape index (κ1) is 18.7. The lowest BCUT2D eigenvalue weighted by Gasteiger charge is -2.27. The Balaban J connectivity index is 1.66. The van der Waals surface area contributed by atoms with Gasteiger partial charge >= 0.3 is 0 Å². The van der Waals surface area contributed by atoms with E-state index < -0.39 is 10.0 Å². The van der Waals surface area contributed by atoms with E-state index in [1.165, 1.54) is 16.4 Å². The van der Waals surface area contributed by atoms with Gasteiger partial charge in [-0.25, -0.2) is 8.42 Å². The second-order valence-corrected chi connectivity index (χ2v) is 9.16. The number of anilines is 1. The molecule has 2 aliphatic heterocycles. The number of likely N-dealkylation sites (tertiary alicyclic amines) is 1. The van der Waals surface area contributed by atoms with Crippen LogP contribution in [-0.4, -0.2) is 44.1 Å². The molecule has 0 unspecified atom stereocenters. The molecule has 7 heteroatoms. The molecule has 0 saturated carbocycles. The van der Waals surface area contributed by atoms with Gasteiger partial charge in [0.25, 0.3) is 15.9 Å². The molecule has 2 aromatic rings. The molecule has 0 radical (unpaired) electrons. The van der Waals surface area contributed by atoms with Crippen molar-refractivity contribution in [1.82, 2.24) is 4.90 Å². The summed E-state index contributed by atoms with van der Waals surface area (Å²) < 4.78 is 28.2. The van der Waals surface area contributed by atoms with Crippen LogP contribution in [0, 0.1) is 0 Å². The summed E-state index contributed by atoms with van der Waals surface area (Å²) in [7, 11) is -3.79. The second-order valence-electron chi connectivity index (χ2n) is 7.34. The average molecular weight is 398 g/mol. The summed E-state index contributed by atoms with van der Waals surface area (Å²) in [4.78, 5) is 25.9. The van der Waals surface area contributed by atoms with Crippen molar-refractivity contribution in [2.75, 3.05) is 17.4 Å². The zero-order valence-corrected chi connectivity index (χ0v) is 16.5. The van der Waals surface area contributed by atoms with Gasteiger partial charge in [0, 0.05) is 37.5 Å². The van der Waals surface area contributed by atoms with Crippen LogP contribution in [0.5, 0.6) is 0 Å². The third-order valence-corrected chi connectivity index (χ3v) is 7.31. The number of hydrogen-bond acceptors (Lipinski definition) is 4. The second kappa shape index (κ2) is 7.05. The van der Waals surface area contributed by atoms with Crippen LogP contribution in [0.25, 0.3) is 0 Å². The predicted octanol–water partition coefficient (Wildman–Crippen LogP) is 2.63. The third-order valence-electron chi connectivity index (χ3n) is 5.39. The summed E-state index contributed by atoms with van der Waals surface area (Å²) in [6, 6.07) is 13.5. The smallest absolute Gasteiger partial charge is 0.264 e. The standard InChI is InChI=1S/C21H22N2O4S/c1-15-13-16-5-2-3-8-20(16)23(15)28(26,27)19-7-4-6-17(14-19)21(25)22-11-9-18(24)10-12-22/h2-8,14-15H,9-13H2,1H3/t15-/m1/s1. The molecule has 1 amide bonds. The Kier molecular flexibility index (Phi) is 4.71. The van der Waals surface area contributed by atoms with Crippen molar-refractivity contribution in [1.29, 1.82) is 0 Å². The number of hydrogen-bond donors (Lipinski definition) is 0. The number of Topliss-reactive ketones (excluding diaryl/α,β-unsaturated/α-hetero) is 1. The summed E-state index contributed by atoms with van der Waals surface area (Å²) in [6.07, 6.45) is 1.37. The predicted molar refractivity (Wildman–Crippen MR) is 106 cm³/mol. The van der Waals surface area contributed by atoms with Gasteiger partial charge in [0.05, 0.1) is 10.6 Å². The molecule has 0 spiro atoms. The van der Waals surface area contributed by atoms with E-state index in [9.17, 15) is 18.0 Å². The molecular weight excluding hydrogens is 376 g/mol. The molecule has 2 aromatic carbocycles. The van der Waals surface area contributed by atoms with Gasteiger partial charge in [-0.3, -0.25) is 13.9 Å². The van der Waals surface area contributed by atoms with Gasteiger partial charge in [0.1, 0.15) is 5.78 Å². The molecule has 146 valence electrons. The number of piperidine rings is 1. The van der Waals surface area contributed by atoms with Crippen molar-refractivity contribution in [2.24, 2.45) is 0 Å². The first-order valence-corrected chi connectivity index (χ1v) is 10.9. The monoisotopic (exact) mass is 398 g/mol. The zero-order valence-electron chi connectivity index (χ0n) is 15.7. The van der Waals surface area contributed by atoms with E-state index in [2.05, 4.69) is 0 Å². The van der Waals surface area contributed by atoms with Crippen LogP contribution >= 0.6 is 0 Å². The molecule has 1 saturated heterocycles. The van der Waals surface area contributed by atoms with Gasteiger partial charge in [-0.05, 0) is 43.2 Å². The lowest BCUT2D eigenvalue weighted by molar-refractivity contribution is -0.120. The number of amides is 1. The van der Waals surface area contributed by atoms with Crippen molar-refractivity contribution < 1.29 is 18.0 Å². The van der Waals surface area contributed by atoms with Crippen LogP contribution < -0.4 is 4.31 Å². The van der Waals surface area contributed by atoms with E-state index in [0.717, 1.165) is 5.56 Å². The number of rotatable bonds is 3. The summed E-state index contributed by atoms with van der Waals surface area (Å²) >= 11 is 0. The third kappa shape index (κ3) is 3.20. The number of carbonyl (C=O) groups excluding carboxylic acids is 2. The molecule has 2 heterocycles. The minimum Gasteiger partial charge on any atom is -0.338 e. The fourth-order valence-corrected chi connectivity index (χ4v) is 5.69. The van der Waals surface area contributed by atoms with Gasteiger partial charge in [-0.15, -0.1) is 0 Å². The normalized spacial score (nSPS) is 19.6. The van der Waals surface area contributed by atoms with E-state index in [-0.39, 0.29) is 22.6 Å². The number of para-hydroxylation sites is 1. The Labute approximate surface area is 164 Å². The topological polar surface area (TPSA) is 74.8 Å². The van der Waals surface area contributed by atoms with Gasteiger partial charge in [0.2, 0.25) is 0 Å². The lowest BCUT2D eigenvalue weighted by Crippen LogP contribution is -2.39. The SMILES string of the molecule is C[C@@H]1Cc2ccccc2N1S(=O)(=O)c1cccc(C(=O)N2CCC(=O)CC2)c1. The summed E-state index contributed by atoms with van der Waals surface area (Å²) in [5.41, 5.74) is 2.03. The van der Waals surface area contributed by atoms with Crippen LogP contribution in [0.1, 0.15) is 35.7 Å². The Bertz CT molecular complexity index is 1040. The van der Waals surface area contributed by atoms with Crippen molar-refractivity contribution in [3.63, 3.8) is 0 Å². The molecule has 4 rings (SSSR count). The Morgan fingerprint density at radius 2 is 1.75 bits per heavy atom. The number of benzene rings is 2. The maximum Gasteiger partial charge on any atom is 0.264 e. The highest BCUT2D eigenvalue weighted by Gasteiger charge is 2.36. The van der Waals surface area contributed by atoms with Crippen LogP contribution in [0.2, 0.25) is 0 Å². The minimum absolute atomic E-state index is 0.106. The van der Waals surface area contributed by atoms with Crippen molar-refractivity contribution in [3.05, 3.63) is 59.7 Å². The molecule has 0 bridgehead atoms. The highest BCUT2D eigenvalue weighted by Crippen LogP contribution is 2.36. The van der Waals surface area contributed by atoms with Crippen molar-refractivity contribution in [2.45, 2.75) is 37.1 Å². The van der Waals surface area contributed by atoms with E-state index in [0.29, 0.717) is 43.6 Å². The van der Waals surface area contributed by atoms with E-state index >= 15 is 0 Å². The molecule has 2 aliphatic rings. The molecular formula is C21H22N2O4S. The molecule has 0 aromatic heterocycles. The average Bonchev–Trinajstić information content (AvgIpc) is 3.04. The molecule has 1 fully saturated rings. The Hall–Kier alpha value is -2.67. The van der Waals surface area contributed by atoms with Crippen molar-refractivity contribution >= 4 is 27.4 Å². The van der Waals surface area contributed by atoms with Crippen LogP contribution in [0.3, 0.4) is 0 Å². The number of nitrogens with zero attached hydrogens (tertiary/aromatic N) is 2. The van der Waals surface area contributed by atoms with Gasteiger partial charge in [-0.2, -0.15) is 0 Å². The number of carbonyl (C=O) groups is 2. The highest BCUT2D eigenvalue weighted by molar-refractivity contribution is 7.92. The highest BCUT2D eigenvalue weighted by atomic mass is 32.2. The van der Waals surface area contributed by atoms with Gasteiger partial charge < -0.3 is 4.90 Å². The minimum atomic E-state index is -3.79. The van der Waals surface area contributed by atoms with Gasteiger partial charge in [0.15, 0.2) is 0 Å². The van der Waals surface area contributed by atoms with Gasteiger partial charge in [-0.1, -0.05) is 24.3 Å².